The van der Waals surface area contributed by atoms with Crippen LogP contribution in [0.2, 0.25) is 0 Å². The van der Waals surface area contributed by atoms with Crippen LogP contribution in [0.15, 0.2) is 66.0 Å². The summed E-state index contributed by atoms with van der Waals surface area (Å²) >= 11 is 1.42. The summed E-state index contributed by atoms with van der Waals surface area (Å²) < 4.78 is 16.8. The van der Waals surface area contributed by atoms with Gasteiger partial charge in [0.2, 0.25) is 0 Å². The number of fused-ring (bicyclic) bond motifs is 1. The molecule has 0 N–H and O–H groups in total. The van der Waals surface area contributed by atoms with Crippen LogP contribution < -0.4 is 19.1 Å². The van der Waals surface area contributed by atoms with Crippen LogP contribution >= 0.6 is 11.3 Å². The van der Waals surface area contributed by atoms with Gasteiger partial charge in [-0.15, -0.1) is 11.3 Å². The van der Waals surface area contributed by atoms with Crippen molar-refractivity contribution in [2.75, 3.05) is 52.9 Å². The van der Waals surface area contributed by atoms with E-state index in [2.05, 4.69) is 4.90 Å². The second-order valence-corrected chi connectivity index (χ2v) is 9.42. The zero-order valence-electron chi connectivity index (χ0n) is 21.1. The third kappa shape index (κ3) is 6.13. The van der Waals surface area contributed by atoms with Crippen molar-refractivity contribution in [2.45, 2.75) is 6.42 Å². The topological polar surface area (TPSA) is 64.1 Å². The Morgan fingerprint density at radius 2 is 1.69 bits per heavy atom. The summed E-state index contributed by atoms with van der Waals surface area (Å²) in [5, 5.41) is 4.76. The number of rotatable bonds is 11. The fourth-order valence-electron chi connectivity index (χ4n) is 3.88. The highest BCUT2D eigenvalue weighted by Gasteiger charge is 2.21. The predicted octanol–water partition coefficient (Wildman–Crippen LogP) is 5.34. The van der Waals surface area contributed by atoms with Crippen LogP contribution in [0, 0.1) is 0 Å². The number of carbonyl (C=O) groups excluding carboxylic acids is 1. The van der Waals surface area contributed by atoms with Gasteiger partial charge in [-0.1, -0.05) is 30.3 Å². The minimum atomic E-state index is -0.138. The first-order valence-electron chi connectivity index (χ1n) is 11.7. The van der Waals surface area contributed by atoms with E-state index in [0.717, 1.165) is 35.0 Å². The number of thiazole rings is 1. The molecule has 7 nitrogen and oxygen atoms in total. The molecule has 188 valence electrons. The van der Waals surface area contributed by atoms with Gasteiger partial charge in [-0.25, -0.2) is 4.98 Å². The van der Waals surface area contributed by atoms with E-state index in [1.54, 1.807) is 19.1 Å². The second-order valence-electron chi connectivity index (χ2n) is 8.58. The van der Waals surface area contributed by atoms with Gasteiger partial charge in [0, 0.05) is 17.5 Å². The minimum Gasteiger partial charge on any atom is -0.497 e. The molecule has 0 bridgehead atoms. The van der Waals surface area contributed by atoms with Crippen molar-refractivity contribution in [3.05, 3.63) is 66.0 Å². The van der Waals surface area contributed by atoms with Crippen LogP contribution in [0.1, 0.15) is 6.42 Å². The van der Waals surface area contributed by atoms with Gasteiger partial charge in [-0.3, -0.25) is 9.69 Å². The van der Waals surface area contributed by atoms with Crippen molar-refractivity contribution < 1.29 is 19.0 Å². The Balaban J connectivity index is 1.54. The smallest absolute Gasteiger partial charge is 0.266 e. The van der Waals surface area contributed by atoms with Crippen molar-refractivity contribution in [1.82, 2.24) is 9.88 Å². The molecule has 0 aliphatic carbocycles. The molecule has 0 radical (unpaired) electrons. The molecule has 0 aliphatic heterocycles. The SMILES string of the molecule is COc1ccc(OC)c(-c2csc(N(CCCN(C)C)C(=O)COc3ccc4ccccc4c3)n2)c1. The summed E-state index contributed by atoms with van der Waals surface area (Å²) in [4.78, 5) is 21.9. The Labute approximate surface area is 215 Å². The molecule has 1 aromatic heterocycles. The maximum absolute atomic E-state index is 13.3. The Morgan fingerprint density at radius 1 is 0.917 bits per heavy atom. The molecule has 0 fully saturated rings. The van der Waals surface area contributed by atoms with E-state index in [9.17, 15) is 4.79 Å². The van der Waals surface area contributed by atoms with E-state index < -0.39 is 0 Å². The Morgan fingerprint density at radius 3 is 2.44 bits per heavy atom. The lowest BCUT2D eigenvalue weighted by Gasteiger charge is -2.21. The van der Waals surface area contributed by atoms with Gasteiger partial charge in [0.1, 0.15) is 17.2 Å². The van der Waals surface area contributed by atoms with E-state index in [1.165, 1.54) is 11.3 Å². The summed E-state index contributed by atoms with van der Waals surface area (Å²) in [6.45, 7) is 1.33. The molecule has 0 aliphatic rings. The standard InChI is InChI=1S/C28H31N3O4S/c1-30(2)14-7-15-31(27(32)18-35-23-11-10-20-8-5-6-9-21(20)16-23)28-29-25(19-36-28)24-17-22(33-3)12-13-26(24)34-4/h5-6,8-13,16-17,19H,7,14-15,18H2,1-4H3. The number of anilines is 1. The Kier molecular flexibility index (Phi) is 8.40. The minimum absolute atomic E-state index is 0.0717. The van der Waals surface area contributed by atoms with Crippen LogP contribution in [0.25, 0.3) is 22.0 Å². The predicted molar refractivity (Wildman–Crippen MR) is 146 cm³/mol. The molecule has 8 heteroatoms. The van der Waals surface area contributed by atoms with Crippen LogP contribution in [-0.2, 0) is 4.79 Å². The van der Waals surface area contributed by atoms with Gasteiger partial charge in [0.05, 0.1) is 19.9 Å². The number of hydrogen-bond acceptors (Lipinski definition) is 7. The molecule has 36 heavy (non-hydrogen) atoms. The highest BCUT2D eigenvalue weighted by molar-refractivity contribution is 7.14. The molecular formula is C28H31N3O4S. The van der Waals surface area contributed by atoms with Gasteiger partial charge >= 0.3 is 0 Å². The lowest BCUT2D eigenvalue weighted by atomic mass is 10.1. The molecule has 1 heterocycles. The Hall–Kier alpha value is -3.62. The van der Waals surface area contributed by atoms with Crippen molar-refractivity contribution in [2.24, 2.45) is 0 Å². The van der Waals surface area contributed by atoms with Gasteiger partial charge in [-0.2, -0.15) is 0 Å². The van der Waals surface area contributed by atoms with Gasteiger partial charge in [-0.05, 0) is 68.2 Å². The van der Waals surface area contributed by atoms with Crippen molar-refractivity contribution in [3.63, 3.8) is 0 Å². The highest BCUT2D eigenvalue weighted by Crippen LogP contribution is 2.36. The fraction of sp³-hybridized carbons (Fsp3) is 0.286. The molecule has 4 rings (SSSR count). The quantitative estimate of drug-likeness (QED) is 0.274. The van der Waals surface area contributed by atoms with E-state index in [4.69, 9.17) is 19.2 Å². The average Bonchev–Trinajstić information content (AvgIpc) is 3.38. The first-order chi connectivity index (χ1) is 17.5. The summed E-state index contributed by atoms with van der Waals surface area (Å²) in [7, 11) is 7.29. The number of amides is 1. The van der Waals surface area contributed by atoms with E-state index >= 15 is 0 Å². The largest absolute Gasteiger partial charge is 0.497 e. The maximum Gasteiger partial charge on any atom is 0.266 e. The maximum atomic E-state index is 13.3. The average molecular weight is 506 g/mol. The van der Waals surface area contributed by atoms with E-state index in [0.29, 0.717) is 28.9 Å². The van der Waals surface area contributed by atoms with Crippen LogP contribution in [0.5, 0.6) is 17.2 Å². The van der Waals surface area contributed by atoms with Crippen LogP contribution in [-0.4, -0.2) is 63.8 Å². The number of ether oxygens (including phenoxy) is 3. The monoisotopic (exact) mass is 505 g/mol. The molecule has 1 amide bonds. The molecule has 0 saturated heterocycles. The molecule has 0 unspecified atom stereocenters. The highest BCUT2D eigenvalue weighted by atomic mass is 32.1. The summed E-state index contributed by atoms with van der Waals surface area (Å²) in [6.07, 6.45) is 0.812. The molecular weight excluding hydrogens is 474 g/mol. The number of carbonyl (C=O) groups is 1. The van der Waals surface area contributed by atoms with Gasteiger partial charge in [0.15, 0.2) is 11.7 Å². The lowest BCUT2D eigenvalue weighted by Crippen LogP contribution is -2.36. The Bertz CT molecular complexity index is 1320. The summed E-state index contributed by atoms with van der Waals surface area (Å²) in [5.74, 6) is 1.93. The summed E-state index contributed by atoms with van der Waals surface area (Å²) in [6, 6.07) is 19.5. The van der Waals surface area contributed by atoms with Gasteiger partial charge < -0.3 is 19.1 Å². The third-order valence-corrected chi connectivity index (χ3v) is 6.64. The van der Waals surface area contributed by atoms with Crippen LogP contribution in [0.4, 0.5) is 5.13 Å². The third-order valence-electron chi connectivity index (χ3n) is 5.78. The molecule has 0 spiro atoms. The van der Waals surface area contributed by atoms with E-state index in [-0.39, 0.29) is 12.5 Å². The zero-order valence-corrected chi connectivity index (χ0v) is 21.9. The summed E-state index contributed by atoms with van der Waals surface area (Å²) in [5.41, 5.74) is 1.54. The number of methoxy groups -OCH3 is 2. The first-order valence-corrected chi connectivity index (χ1v) is 12.6. The number of aromatic nitrogens is 1. The first kappa shape index (κ1) is 25.5. The van der Waals surface area contributed by atoms with Gasteiger partial charge in [0.25, 0.3) is 5.91 Å². The van der Waals surface area contributed by atoms with Crippen molar-refractivity contribution in [1.29, 1.82) is 0 Å². The molecule has 4 aromatic rings. The number of hydrogen-bond donors (Lipinski definition) is 0. The van der Waals surface area contributed by atoms with E-state index in [1.807, 2.05) is 80.1 Å². The van der Waals surface area contributed by atoms with Crippen molar-refractivity contribution >= 4 is 33.1 Å². The normalized spacial score (nSPS) is 11.0. The second kappa shape index (κ2) is 11.9. The van der Waals surface area contributed by atoms with Crippen LogP contribution in [0.3, 0.4) is 0 Å². The molecule has 0 saturated carbocycles. The lowest BCUT2D eigenvalue weighted by molar-refractivity contribution is -0.120. The van der Waals surface area contributed by atoms with Crippen molar-refractivity contribution in [3.8, 4) is 28.5 Å². The molecule has 3 aromatic carbocycles. The molecule has 0 atom stereocenters. The fourth-order valence-corrected chi connectivity index (χ4v) is 4.75. The number of nitrogens with zero attached hydrogens (tertiary/aromatic N) is 3. The zero-order chi connectivity index (χ0) is 25.5. The number of benzene rings is 3.